The minimum Gasteiger partial charge on any atom is -0.366 e. The number of carbonyl (C=O) groups excluding carboxylic acids is 2. The van der Waals surface area contributed by atoms with Crippen molar-refractivity contribution in [3.8, 4) is 0 Å². The van der Waals surface area contributed by atoms with E-state index in [0.717, 1.165) is 30.8 Å². The molecule has 3 N–H and O–H groups in total. The van der Waals surface area contributed by atoms with Crippen LogP contribution in [0.15, 0.2) is 16.9 Å². The van der Waals surface area contributed by atoms with E-state index in [1.807, 2.05) is 16.8 Å². The van der Waals surface area contributed by atoms with E-state index in [-0.39, 0.29) is 11.5 Å². The molecule has 10 heteroatoms. The van der Waals surface area contributed by atoms with Crippen LogP contribution in [-0.2, 0) is 16.6 Å². The molecule has 1 saturated heterocycles. The van der Waals surface area contributed by atoms with Gasteiger partial charge >= 0.3 is 0 Å². The number of amides is 2. The highest BCUT2D eigenvalue weighted by Crippen LogP contribution is 2.51. The lowest BCUT2D eigenvalue weighted by atomic mass is 9.73. The number of rotatable bonds is 2. The summed E-state index contributed by atoms with van der Waals surface area (Å²) in [7, 11) is 3.60. The zero-order chi connectivity index (χ0) is 22.8. The number of nitrogens with two attached hydrogens (primary N) is 1. The number of aromatic amines is 1. The number of carbonyl (C=O) groups is 2. The molecule has 0 radical (unpaired) electrons. The maximum absolute atomic E-state index is 13.4. The SMILES string of the molecule is CN1CCCc2c1nc(N1CCC3(CC1)C(=O)N(C)c1c(C(N)=O)ccc(Cl)c13)[nH]c2=O. The molecule has 0 atom stereocenters. The highest BCUT2D eigenvalue weighted by atomic mass is 35.5. The number of fused-ring (bicyclic) bond motifs is 3. The molecule has 32 heavy (non-hydrogen) atoms. The summed E-state index contributed by atoms with van der Waals surface area (Å²) in [5, 5.41) is 0.457. The van der Waals surface area contributed by atoms with Gasteiger partial charge in [0.25, 0.3) is 11.5 Å². The molecule has 1 fully saturated rings. The number of piperidine rings is 1. The lowest BCUT2D eigenvalue weighted by Crippen LogP contribution is -2.49. The second-order valence-corrected chi connectivity index (χ2v) is 9.24. The quantitative estimate of drug-likeness (QED) is 0.706. The molecule has 0 saturated carbocycles. The van der Waals surface area contributed by atoms with Crippen LogP contribution in [0.2, 0.25) is 5.02 Å². The Hall–Kier alpha value is -3.07. The monoisotopic (exact) mass is 456 g/mol. The van der Waals surface area contributed by atoms with Crippen molar-refractivity contribution in [3.63, 3.8) is 0 Å². The van der Waals surface area contributed by atoms with E-state index < -0.39 is 11.3 Å². The average Bonchev–Trinajstić information content (AvgIpc) is 2.98. The summed E-state index contributed by atoms with van der Waals surface area (Å²) in [4.78, 5) is 51.3. The summed E-state index contributed by atoms with van der Waals surface area (Å²) in [5.74, 6) is 0.571. The highest BCUT2D eigenvalue weighted by molar-refractivity contribution is 6.33. The van der Waals surface area contributed by atoms with Crippen LogP contribution < -0.4 is 26.0 Å². The first-order valence-corrected chi connectivity index (χ1v) is 11.1. The first kappa shape index (κ1) is 20.8. The van der Waals surface area contributed by atoms with Crippen LogP contribution in [0, 0.1) is 0 Å². The molecule has 3 aliphatic rings. The topological polar surface area (TPSA) is 116 Å². The fraction of sp³-hybridized carbons (Fsp3) is 0.455. The van der Waals surface area contributed by atoms with Crippen molar-refractivity contribution in [1.82, 2.24) is 9.97 Å². The van der Waals surface area contributed by atoms with Crippen LogP contribution in [0.25, 0.3) is 0 Å². The minimum absolute atomic E-state index is 0.0885. The smallest absolute Gasteiger partial charge is 0.257 e. The molecular weight excluding hydrogens is 432 g/mol. The number of nitrogens with zero attached hydrogens (tertiary/aromatic N) is 4. The van der Waals surface area contributed by atoms with Crippen LogP contribution >= 0.6 is 11.6 Å². The van der Waals surface area contributed by atoms with Crippen LogP contribution in [0.5, 0.6) is 0 Å². The van der Waals surface area contributed by atoms with Gasteiger partial charge in [0.1, 0.15) is 5.82 Å². The van der Waals surface area contributed by atoms with E-state index in [4.69, 9.17) is 22.3 Å². The molecule has 0 bridgehead atoms. The number of hydrogen-bond acceptors (Lipinski definition) is 6. The third kappa shape index (κ3) is 2.83. The summed E-state index contributed by atoms with van der Waals surface area (Å²) >= 11 is 6.56. The zero-order valence-electron chi connectivity index (χ0n) is 18.1. The van der Waals surface area contributed by atoms with Crippen LogP contribution in [0.4, 0.5) is 17.5 Å². The number of H-pyrrole nitrogens is 1. The van der Waals surface area contributed by atoms with Crippen molar-refractivity contribution >= 4 is 40.9 Å². The molecule has 9 nitrogen and oxygen atoms in total. The highest BCUT2D eigenvalue weighted by Gasteiger charge is 2.53. The van der Waals surface area contributed by atoms with Gasteiger partial charge in [0.05, 0.1) is 22.2 Å². The van der Waals surface area contributed by atoms with E-state index in [9.17, 15) is 14.4 Å². The normalized spacial score (nSPS) is 19.3. The van der Waals surface area contributed by atoms with Gasteiger partial charge in [-0.2, -0.15) is 4.98 Å². The van der Waals surface area contributed by atoms with Gasteiger partial charge in [-0.3, -0.25) is 19.4 Å². The second kappa shape index (κ2) is 7.23. The Labute approximate surface area is 190 Å². The average molecular weight is 457 g/mol. The summed E-state index contributed by atoms with van der Waals surface area (Å²) in [6.07, 6.45) is 2.64. The van der Waals surface area contributed by atoms with Crippen LogP contribution in [-0.4, -0.2) is 55.5 Å². The molecular formula is C22H25ClN6O3. The summed E-state index contributed by atoms with van der Waals surface area (Å²) in [6.45, 7) is 1.90. The fourth-order valence-electron chi connectivity index (χ4n) is 5.43. The Morgan fingerprint density at radius 2 is 1.91 bits per heavy atom. The van der Waals surface area contributed by atoms with Crippen molar-refractivity contribution in [2.75, 3.05) is 48.4 Å². The molecule has 2 aromatic rings. The van der Waals surface area contributed by atoms with Gasteiger partial charge in [-0.05, 0) is 37.8 Å². The Morgan fingerprint density at radius 1 is 1.19 bits per heavy atom. The number of nitrogens with one attached hydrogen (secondary N) is 1. The number of likely N-dealkylation sites (N-methyl/N-ethyl adjacent to an activating group) is 1. The Bertz CT molecular complexity index is 1200. The van der Waals surface area contributed by atoms with E-state index in [2.05, 4.69) is 4.98 Å². The fourth-order valence-corrected chi connectivity index (χ4v) is 5.76. The summed E-state index contributed by atoms with van der Waals surface area (Å²) in [5.41, 5.74) is 6.84. The van der Waals surface area contributed by atoms with Crippen LogP contribution in [0.3, 0.4) is 0 Å². The number of anilines is 3. The lowest BCUT2D eigenvalue weighted by molar-refractivity contribution is -0.123. The van der Waals surface area contributed by atoms with Gasteiger partial charge in [0.2, 0.25) is 11.9 Å². The lowest BCUT2D eigenvalue weighted by Gasteiger charge is -2.39. The van der Waals surface area contributed by atoms with Gasteiger partial charge in [-0.25, -0.2) is 0 Å². The maximum atomic E-state index is 13.4. The molecule has 5 rings (SSSR count). The number of primary amides is 1. The summed E-state index contributed by atoms with van der Waals surface area (Å²) < 4.78 is 0. The van der Waals surface area contributed by atoms with E-state index >= 15 is 0 Å². The first-order valence-electron chi connectivity index (χ1n) is 10.7. The maximum Gasteiger partial charge on any atom is 0.257 e. The third-order valence-corrected chi connectivity index (χ3v) is 7.42. The van der Waals surface area contributed by atoms with E-state index in [1.165, 1.54) is 4.90 Å². The first-order chi connectivity index (χ1) is 15.2. The Kier molecular flexibility index (Phi) is 4.70. The van der Waals surface area contributed by atoms with Gasteiger partial charge in [-0.1, -0.05) is 11.6 Å². The Balaban J connectivity index is 1.50. The second-order valence-electron chi connectivity index (χ2n) is 8.83. The number of halogens is 1. The standard InChI is InChI=1S/C22H25ClN6O3/c1-27-9-3-4-13-18(27)25-21(26-19(13)31)29-10-7-22(8-11-29)15-14(23)6-5-12(17(24)30)16(15)28(2)20(22)32/h5-6H,3-4,7-11H2,1-2H3,(H2,24,30)(H,25,26,31). The number of aromatic nitrogens is 2. The molecule has 2 amide bonds. The molecule has 3 aliphatic heterocycles. The van der Waals surface area contributed by atoms with Crippen molar-refractivity contribution in [2.24, 2.45) is 5.73 Å². The van der Waals surface area contributed by atoms with Gasteiger partial charge in [0.15, 0.2) is 0 Å². The zero-order valence-corrected chi connectivity index (χ0v) is 18.8. The molecule has 168 valence electrons. The molecule has 0 unspecified atom stereocenters. The van der Waals surface area contributed by atoms with Crippen LogP contribution in [0.1, 0.15) is 40.7 Å². The Morgan fingerprint density at radius 3 is 2.59 bits per heavy atom. The molecule has 4 heterocycles. The van der Waals surface area contributed by atoms with E-state index in [0.29, 0.717) is 53.7 Å². The molecule has 1 aromatic heterocycles. The number of benzene rings is 1. The van der Waals surface area contributed by atoms with Crippen molar-refractivity contribution in [3.05, 3.63) is 44.2 Å². The third-order valence-electron chi connectivity index (χ3n) is 7.10. The predicted molar refractivity (Wildman–Crippen MR) is 123 cm³/mol. The number of hydrogen-bond donors (Lipinski definition) is 2. The largest absolute Gasteiger partial charge is 0.366 e. The molecule has 1 aromatic carbocycles. The van der Waals surface area contributed by atoms with Crippen molar-refractivity contribution in [2.45, 2.75) is 31.1 Å². The summed E-state index contributed by atoms with van der Waals surface area (Å²) in [6, 6.07) is 3.21. The van der Waals surface area contributed by atoms with Crippen molar-refractivity contribution in [1.29, 1.82) is 0 Å². The molecule has 0 aliphatic carbocycles. The van der Waals surface area contributed by atoms with Gasteiger partial charge < -0.3 is 20.4 Å². The van der Waals surface area contributed by atoms with E-state index in [1.54, 1.807) is 19.2 Å². The minimum atomic E-state index is -0.825. The predicted octanol–water partition coefficient (Wildman–Crippen LogP) is 1.42. The van der Waals surface area contributed by atoms with Crippen molar-refractivity contribution < 1.29 is 9.59 Å². The molecule has 1 spiro atoms. The van der Waals surface area contributed by atoms with Gasteiger partial charge in [-0.15, -0.1) is 0 Å². The van der Waals surface area contributed by atoms with Gasteiger partial charge in [0, 0.05) is 44.3 Å².